The van der Waals surface area contributed by atoms with E-state index in [0.717, 1.165) is 48.3 Å². The highest BCUT2D eigenvalue weighted by Gasteiger charge is 2.35. The largest absolute Gasteiger partial charge is 0.380 e. The molecule has 1 saturated heterocycles. The van der Waals surface area contributed by atoms with Crippen molar-refractivity contribution in [2.45, 2.75) is 25.0 Å². The molecule has 0 bridgehead atoms. The van der Waals surface area contributed by atoms with Crippen LogP contribution in [0.2, 0.25) is 0 Å². The molecule has 0 aliphatic carbocycles. The van der Waals surface area contributed by atoms with Crippen LogP contribution in [-0.2, 0) is 4.74 Å². The average Bonchev–Trinajstić information content (AvgIpc) is 3.38. The summed E-state index contributed by atoms with van der Waals surface area (Å²) in [5, 5.41) is 0. The van der Waals surface area contributed by atoms with Crippen LogP contribution in [0, 0.1) is 5.82 Å². The Morgan fingerprint density at radius 1 is 1.10 bits per heavy atom. The third kappa shape index (κ3) is 3.41. The van der Waals surface area contributed by atoms with Gasteiger partial charge < -0.3 is 9.72 Å². The van der Waals surface area contributed by atoms with Crippen molar-refractivity contribution in [1.82, 2.24) is 14.9 Å². The van der Waals surface area contributed by atoms with Gasteiger partial charge in [0, 0.05) is 56.0 Å². The summed E-state index contributed by atoms with van der Waals surface area (Å²) >= 11 is 0. The monoisotopic (exact) mass is 389 g/mol. The summed E-state index contributed by atoms with van der Waals surface area (Å²) in [5.74, 6) is -0.227. The lowest BCUT2D eigenvalue weighted by Gasteiger charge is -2.29. The molecule has 4 heterocycles. The van der Waals surface area contributed by atoms with Gasteiger partial charge in [-0.2, -0.15) is 0 Å². The first-order valence-corrected chi connectivity index (χ1v) is 10.1. The van der Waals surface area contributed by atoms with Crippen LogP contribution in [-0.4, -0.2) is 47.2 Å². The molecule has 29 heavy (non-hydrogen) atoms. The molecule has 0 saturated carbocycles. The van der Waals surface area contributed by atoms with Crippen LogP contribution in [0.1, 0.15) is 18.4 Å². The Hall–Kier alpha value is -2.76. The normalized spacial score (nSPS) is 21.8. The van der Waals surface area contributed by atoms with E-state index >= 15 is 0 Å². The highest BCUT2D eigenvalue weighted by atomic mass is 19.1. The topological polar surface area (TPSA) is 41.1 Å². The first kappa shape index (κ1) is 18.3. The quantitative estimate of drug-likeness (QED) is 0.700. The van der Waals surface area contributed by atoms with E-state index in [9.17, 15) is 4.39 Å². The van der Waals surface area contributed by atoms with Gasteiger partial charge in [-0.25, -0.2) is 4.39 Å². The average molecular weight is 389 g/mol. The zero-order chi connectivity index (χ0) is 19.8. The summed E-state index contributed by atoms with van der Waals surface area (Å²) in [6.07, 6.45) is 10.5. The number of ether oxygens (including phenoxy) is 1. The maximum atomic E-state index is 13.5. The van der Waals surface area contributed by atoms with Crippen LogP contribution in [0.5, 0.6) is 0 Å². The number of methoxy groups -OCH3 is 1. The molecule has 5 rings (SSSR count). The predicted octanol–water partition coefficient (Wildman–Crippen LogP) is 4.76. The van der Waals surface area contributed by atoms with Gasteiger partial charge in [0.05, 0.1) is 11.8 Å². The summed E-state index contributed by atoms with van der Waals surface area (Å²) < 4.78 is 19.1. The van der Waals surface area contributed by atoms with Crippen molar-refractivity contribution in [3.05, 3.63) is 72.4 Å². The van der Waals surface area contributed by atoms with Crippen molar-refractivity contribution in [2.24, 2.45) is 0 Å². The fourth-order valence-electron chi connectivity index (χ4n) is 4.67. The number of fused-ring (bicyclic) bond motifs is 1. The van der Waals surface area contributed by atoms with Gasteiger partial charge >= 0.3 is 0 Å². The summed E-state index contributed by atoms with van der Waals surface area (Å²) in [6.45, 7) is 1.96. The Morgan fingerprint density at radius 2 is 1.90 bits per heavy atom. The summed E-state index contributed by atoms with van der Waals surface area (Å²) in [7, 11) is 1.81. The number of pyridine rings is 1. The molecule has 1 aromatic carbocycles. The van der Waals surface area contributed by atoms with Crippen LogP contribution >= 0.6 is 0 Å². The van der Waals surface area contributed by atoms with E-state index in [0.29, 0.717) is 12.1 Å². The summed E-state index contributed by atoms with van der Waals surface area (Å²) in [4.78, 5) is 10.2. The number of rotatable bonds is 4. The Balaban J connectivity index is 1.56. The number of H-pyrrole nitrogens is 1. The first-order valence-electron chi connectivity index (χ1n) is 10.1. The van der Waals surface area contributed by atoms with Crippen molar-refractivity contribution in [1.29, 1.82) is 0 Å². The number of aromatic nitrogens is 2. The predicted molar refractivity (Wildman–Crippen MR) is 113 cm³/mol. The van der Waals surface area contributed by atoms with Crippen molar-refractivity contribution in [3.8, 4) is 22.4 Å². The van der Waals surface area contributed by atoms with Gasteiger partial charge in [-0.3, -0.25) is 9.88 Å². The van der Waals surface area contributed by atoms with E-state index in [2.05, 4.69) is 27.1 Å². The molecule has 0 amide bonds. The van der Waals surface area contributed by atoms with Crippen molar-refractivity contribution >= 4 is 5.57 Å². The fraction of sp³-hybridized carbons (Fsp3) is 0.292. The smallest absolute Gasteiger partial charge is 0.123 e. The van der Waals surface area contributed by atoms with Crippen LogP contribution < -0.4 is 0 Å². The lowest BCUT2D eigenvalue weighted by atomic mass is 9.89. The molecule has 2 aliphatic rings. The lowest BCUT2D eigenvalue weighted by Crippen LogP contribution is -2.33. The van der Waals surface area contributed by atoms with Gasteiger partial charge in [0.2, 0.25) is 0 Å². The molecular weight excluding hydrogens is 365 g/mol. The minimum Gasteiger partial charge on any atom is -0.380 e. The Bertz CT molecular complexity index is 1030. The van der Waals surface area contributed by atoms with Crippen molar-refractivity contribution in [2.75, 3.05) is 20.2 Å². The molecule has 1 fully saturated rings. The highest BCUT2D eigenvalue weighted by Crippen LogP contribution is 2.41. The maximum absolute atomic E-state index is 13.5. The van der Waals surface area contributed by atoms with Gasteiger partial charge in [-0.15, -0.1) is 0 Å². The summed E-state index contributed by atoms with van der Waals surface area (Å²) in [5.41, 5.74) is 6.83. The molecule has 2 aromatic heterocycles. The van der Waals surface area contributed by atoms with Crippen molar-refractivity contribution < 1.29 is 9.13 Å². The Labute approximate surface area is 170 Å². The molecule has 2 aliphatic heterocycles. The first-order chi connectivity index (χ1) is 14.2. The van der Waals surface area contributed by atoms with E-state index in [-0.39, 0.29) is 5.82 Å². The molecule has 2 atom stereocenters. The van der Waals surface area contributed by atoms with Gasteiger partial charge in [-0.05, 0) is 65.9 Å². The lowest BCUT2D eigenvalue weighted by molar-refractivity contribution is 0.109. The van der Waals surface area contributed by atoms with Crippen molar-refractivity contribution in [3.63, 3.8) is 0 Å². The van der Waals surface area contributed by atoms with Crippen LogP contribution in [0.15, 0.2) is 61.1 Å². The second-order valence-corrected chi connectivity index (χ2v) is 7.83. The minimum absolute atomic E-state index is 0.227. The number of benzene rings is 1. The zero-order valence-corrected chi connectivity index (χ0v) is 16.4. The van der Waals surface area contributed by atoms with Gasteiger partial charge in [-0.1, -0.05) is 6.08 Å². The van der Waals surface area contributed by atoms with Crippen LogP contribution in [0.3, 0.4) is 0 Å². The number of halogens is 1. The SMILES string of the molecule is CO[C@H]1C[C@@H]2CC(c3c[nH]c(-c4ccc(F)cc4)c3-c3ccncc3)=CCN2C1. The minimum atomic E-state index is -0.227. The second kappa shape index (κ2) is 7.58. The van der Waals surface area contributed by atoms with Gasteiger partial charge in [0.25, 0.3) is 0 Å². The van der Waals surface area contributed by atoms with E-state index in [4.69, 9.17) is 4.74 Å². The zero-order valence-electron chi connectivity index (χ0n) is 16.4. The third-order valence-corrected chi connectivity index (χ3v) is 6.18. The Morgan fingerprint density at radius 3 is 2.66 bits per heavy atom. The molecule has 0 radical (unpaired) electrons. The molecule has 1 N–H and O–H groups in total. The third-order valence-electron chi connectivity index (χ3n) is 6.18. The van der Waals surface area contributed by atoms with Gasteiger partial charge in [0.1, 0.15) is 5.82 Å². The molecule has 3 aromatic rings. The number of hydrogen-bond acceptors (Lipinski definition) is 3. The molecule has 148 valence electrons. The number of nitrogens with zero attached hydrogens (tertiary/aromatic N) is 2. The number of nitrogens with one attached hydrogen (secondary N) is 1. The van der Waals surface area contributed by atoms with Gasteiger partial charge in [0.15, 0.2) is 0 Å². The van der Waals surface area contributed by atoms with E-state index in [1.54, 1.807) is 7.11 Å². The van der Waals surface area contributed by atoms with E-state index in [1.807, 2.05) is 36.7 Å². The standard InChI is InChI=1S/C24H24FN3O/c1-29-21-13-20-12-18(8-11-28(20)15-21)22-14-27-24(17-2-4-19(25)5-3-17)23(22)16-6-9-26-10-7-16/h2-10,14,20-21,27H,11-13,15H2,1H3/t20-,21-/m0/s1. The molecule has 5 heteroatoms. The number of aromatic amines is 1. The van der Waals surface area contributed by atoms with Crippen LogP contribution in [0.25, 0.3) is 28.0 Å². The maximum Gasteiger partial charge on any atom is 0.123 e. The van der Waals surface area contributed by atoms with E-state index in [1.165, 1.54) is 23.3 Å². The highest BCUT2D eigenvalue weighted by molar-refractivity contribution is 5.91. The molecule has 0 unspecified atom stereocenters. The second-order valence-electron chi connectivity index (χ2n) is 7.83. The van der Waals surface area contributed by atoms with E-state index < -0.39 is 0 Å². The summed E-state index contributed by atoms with van der Waals surface area (Å²) in [6, 6.07) is 11.3. The fourth-order valence-corrected chi connectivity index (χ4v) is 4.67. The molecule has 4 nitrogen and oxygen atoms in total. The number of hydrogen-bond donors (Lipinski definition) is 1. The Kier molecular flexibility index (Phi) is 4.78. The molecule has 0 spiro atoms. The van der Waals surface area contributed by atoms with Crippen LogP contribution in [0.4, 0.5) is 4.39 Å². The molecular formula is C24H24FN3O.